The van der Waals surface area contributed by atoms with Gasteiger partial charge in [0.2, 0.25) is 5.91 Å². The number of piperazine rings is 1. The van der Waals surface area contributed by atoms with Crippen molar-refractivity contribution in [3.8, 4) is 0 Å². The third-order valence-electron chi connectivity index (χ3n) is 6.12. The molecule has 2 aromatic carbocycles. The van der Waals surface area contributed by atoms with E-state index in [9.17, 15) is 4.79 Å². The molecule has 0 spiro atoms. The highest BCUT2D eigenvalue weighted by Gasteiger charge is 2.20. The quantitative estimate of drug-likeness (QED) is 0.799. The Morgan fingerprint density at radius 3 is 2.21 bits per heavy atom. The molecule has 0 aromatic heterocycles. The summed E-state index contributed by atoms with van der Waals surface area (Å²) in [4.78, 5) is 19.8. The molecule has 0 bridgehead atoms. The van der Waals surface area contributed by atoms with Gasteiger partial charge in [0, 0.05) is 45.8 Å². The van der Waals surface area contributed by atoms with Gasteiger partial charge in [0.25, 0.3) is 0 Å². The number of fused-ring (bicyclic) bond motifs is 1. The van der Waals surface area contributed by atoms with E-state index in [0.717, 1.165) is 26.2 Å². The Balaban J connectivity index is 1.18. The van der Waals surface area contributed by atoms with E-state index in [1.54, 1.807) is 0 Å². The fourth-order valence-corrected chi connectivity index (χ4v) is 4.36. The molecule has 1 amide bonds. The van der Waals surface area contributed by atoms with Crippen molar-refractivity contribution >= 4 is 16.7 Å². The Morgan fingerprint density at radius 1 is 0.786 bits per heavy atom. The van der Waals surface area contributed by atoms with E-state index < -0.39 is 0 Å². The zero-order valence-electron chi connectivity index (χ0n) is 16.8. The molecule has 2 heterocycles. The van der Waals surface area contributed by atoms with E-state index in [-0.39, 0.29) is 5.91 Å². The lowest BCUT2D eigenvalue weighted by Crippen LogP contribution is -2.50. The van der Waals surface area contributed by atoms with Crippen molar-refractivity contribution in [1.29, 1.82) is 0 Å². The molecule has 0 radical (unpaired) electrons. The van der Waals surface area contributed by atoms with Gasteiger partial charge >= 0.3 is 0 Å². The maximum Gasteiger partial charge on any atom is 0.234 e. The van der Waals surface area contributed by atoms with Crippen LogP contribution in [-0.2, 0) is 11.3 Å². The van der Waals surface area contributed by atoms with Crippen LogP contribution in [0.3, 0.4) is 0 Å². The summed E-state index contributed by atoms with van der Waals surface area (Å²) in [5.41, 5.74) is 1.18. The zero-order valence-corrected chi connectivity index (χ0v) is 16.8. The fraction of sp³-hybridized carbons (Fsp3) is 0.522. The lowest BCUT2D eigenvalue weighted by Gasteiger charge is -2.35. The SMILES string of the molecule is O=C(CN1CCN(CCN2CCCC2)CC1)NCc1cccc2ccccc12. The number of rotatable bonds is 7. The van der Waals surface area contributed by atoms with Crippen LogP contribution in [0.15, 0.2) is 42.5 Å². The summed E-state index contributed by atoms with van der Waals surface area (Å²) >= 11 is 0. The zero-order chi connectivity index (χ0) is 19.2. The molecular weight excluding hydrogens is 348 g/mol. The molecule has 1 N–H and O–H groups in total. The Morgan fingerprint density at radius 2 is 1.43 bits per heavy atom. The summed E-state index contributed by atoms with van der Waals surface area (Å²) in [7, 11) is 0. The van der Waals surface area contributed by atoms with Gasteiger partial charge in [-0.1, -0.05) is 42.5 Å². The lowest BCUT2D eigenvalue weighted by atomic mass is 10.0. The molecule has 2 fully saturated rings. The van der Waals surface area contributed by atoms with Gasteiger partial charge in [0.15, 0.2) is 0 Å². The molecule has 28 heavy (non-hydrogen) atoms. The third kappa shape index (κ3) is 5.10. The normalized spacial score (nSPS) is 19.3. The topological polar surface area (TPSA) is 38.8 Å². The molecule has 2 saturated heterocycles. The largest absolute Gasteiger partial charge is 0.351 e. The predicted octanol–water partition coefficient (Wildman–Crippen LogP) is 2.17. The molecule has 2 aliphatic rings. The fourth-order valence-electron chi connectivity index (χ4n) is 4.36. The standard InChI is InChI=1S/C23H32N4O/c28-23(24-18-21-8-5-7-20-6-1-2-9-22(20)21)19-27-16-14-26(15-17-27)13-12-25-10-3-4-11-25/h1-2,5-9H,3-4,10-19H2,(H,24,28). The minimum absolute atomic E-state index is 0.124. The second-order valence-electron chi connectivity index (χ2n) is 8.08. The van der Waals surface area contributed by atoms with Crippen LogP contribution >= 0.6 is 0 Å². The van der Waals surface area contributed by atoms with Crippen LogP contribution in [-0.4, -0.2) is 79.5 Å². The van der Waals surface area contributed by atoms with Crippen LogP contribution in [0.5, 0.6) is 0 Å². The maximum atomic E-state index is 12.4. The number of hydrogen-bond acceptors (Lipinski definition) is 4. The van der Waals surface area contributed by atoms with Gasteiger partial charge in [-0.25, -0.2) is 0 Å². The molecule has 0 aliphatic carbocycles. The number of carbonyl (C=O) groups is 1. The highest BCUT2D eigenvalue weighted by Crippen LogP contribution is 2.18. The second-order valence-corrected chi connectivity index (χ2v) is 8.08. The summed E-state index contributed by atoms with van der Waals surface area (Å²) in [5.74, 6) is 0.124. The van der Waals surface area contributed by atoms with Gasteiger partial charge in [-0.15, -0.1) is 0 Å². The van der Waals surface area contributed by atoms with Gasteiger partial charge in [-0.05, 0) is 42.3 Å². The van der Waals surface area contributed by atoms with E-state index in [1.807, 2.05) is 0 Å². The van der Waals surface area contributed by atoms with Gasteiger partial charge in [-0.2, -0.15) is 0 Å². The average molecular weight is 381 g/mol. The van der Waals surface area contributed by atoms with Gasteiger partial charge in [-0.3, -0.25) is 14.6 Å². The van der Waals surface area contributed by atoms with Crippen LogP contribution in [0.4, 0.5) is 0 Å². The monoisotopic (exact) mass is 380 g/mol. The number of nitrogens with one attached hydrogen (secondary N) is 1. The number of amides is 1. The molecule has 5 nitrogen and oxygen atoms in total. The Kier molecular flexibility index (Phi) is 6.57. The van der Waals surface area contributed by atoms with Crippen LogP contribution in [0.25, 0.3) is 10.8 Å². The maximum absolute atomic E-state index is 12.4. The van der Waals surface area contributed by atoms with E-state index in [0.29, 0.717) is 13.1 Å². The minimum Gasteiger partial charge on any atom is -0.351 e. The summed E-state index contributed by atoms with van der Waals surface area (Å²) in [5, 5.41) is 5.55. The van der Waals surface area contributed by atoms with Crippen LogP contribution < -0.4 is 5.32 Å². The predicted molar refractivity (Wildman–Crippen MR) is 114 cm³/mol. The van der Waals surface area contributed by atoms with Crippen LogP contribution in [0, 0.1) is 0 Å². The van der Waals surface area contributed by atoms with Crippen molar-refractivity contribution in [3.63, 3.8) is 0 Å². The summed E-state index contributed by atoms with van der Waals surface area (Å²) in [6.07, 6.45) is 2.73. The number of hydrogen-bond donors (Lipinski definition) is 1. The van der Waals surface area contributed by atoms with E-state index in [1.165, 1.54) is 55.4 Å². The summed E-state index contributed by atoms with van der Waals surface area (Å²) < 4.78 is 0. The van der Waals surface area contributed by atoms with Crippen LogP contribution in [0.1, 0.15) is 18.4 Å². The van der Waals surface area contributed by atoms with Crippen molar-refractivity contribution < 1.29 is 4.79 Å². The average Bonchev–Trinajstić information content (AvgIpc) is 3.25. The van der Waals surface area contributed by atoms with E-state index >= 15 is 0 Å². The number of carbonyl (C=O) groups excluding carboxylic acids is 1. The van der Waals surface area contributed by atoms with Crippen molar-refractivity contribution in [1.82, 2.24) is 20.0 Å². The first-order chi connectivity index (χ1) is 13.8. The molecule has 0 atom stereocenters. The molecule has 2 aromatic rings. The highest BCUT2D eigenvalue weighted by molar-refractivity contribution is 5.86. The molecule has 0 saturated carbocycles. The Hall–Kier alpha value is -1.95. The number of nitrogens with zero attached hydrogens (tertiary/aromatic N) is 3. The van der Waals surface area contributed by atoms with Crippen molar-refractivity contribution in [2.45, 2.75) is 19.4 Å². The highest BCUT2D eigenvalue weighted by atomic mass is 16.2. The van der Waals surface area contributed by atoms with E-state index in [4.69, 9.17) is 0 Å². The summed E-state index contributed by atoms with van der Waals surface area (Å²) in [6.45, 7) is 10.1. The van der Waals surface area contributed by atoms with Crippen molar-refractivity contribution in [2.75, 3.05) is 58.9 Å². The smallest absolute Gasteiger partial charge is 0.234 e. The lowest BCUT2D eigenvalue weighted by molar-refractivity contribution is -0.122. The van der Waals surface area contributed by atoms with Gasteiger partial charge in [0.05, 0.1) is 6.54 Å². The minimum atomic E-state index is 0.124. The van der Waals surface area contributed by atoms with Gasteiger partial charge < -0.3 is 10.2 Å². The number of benzene rings is 2. The van der Waals surface area contributed by atoms with Crippen molar-refractivity contribution in [2.24, 2.45) is 0 Å². The molecule has 4 rings (SSSR count). The Labute approximate surface area is 168 Å². The first-order valence-corrected chi connectivity index (χ1v) is 10.7. The molecule has 2 aliphatic heterocycles. The first kappa shape index (κ1) is 19.4. The third-order valence-corrected chi connectivity index (χ3v) is 6.12. The van der Waals surface area contributed by atoms with E-state index in [2.05, 4.69) is 62.5 Å². The summed E-state index contributed by atoms with van der Waals surface area (Å²) in [6, 6.07) is 14.6. The molecule has 150 valence electrons. The second kappa shape index (κ2) is 9.50. The van der Waals surface area contributed by atoms with Gasteiger partial charge in [0.1, 0.15) is 0 Å². The molecule has 5 heteroatoms. The van der Waals surface area contributed by atoms with Crippen LogP contribution in [0.2, 0.25) is 0 Å². The van der Waals surface area contributed by atoms with Crippen molar-refractivity contribution in [3.05, 3.63) is 48.0 Å². The molecule has 0 unspecified atom stereocenters. The first-order valence-electron chi connectivity index (χ1n) is 10.7. The molecular formula is C23H32N4O. The number of likely N-dealkylation sites (tertiary alicyclic amines) is 1. The Bertz CT molecular complexity index is 774.